The van der Waals surface area contributed by atoms with Crippen LogP contribution in [0.2, 0.25) is 5.02 Å². The lowest BCUT2D eigenvalue weighted by molar-refractivity contribution is -0.125. The van der Waals surface area contributed by atoms with Crippen molar-refractivity contribution in [1.82, 2.24) is 30.2 Å². The molecule has 5 N–H and O–H groups in total. The minimum absolute atomic E-state index is 0.122. The van der Waals surface area contributed by atoms with Gasteiger partial charge in [0.1, 0.15) is 10.8 Å². The highest BCUT2D eigenvalue weighted by molar-refractivity contribution is 7.55. The Bertz CT molecular complexity index is 1610. The van der Waals surface area contributed by atoms with Crippen LogP contribution in [-0.4, -0.2) is 61.4 Å². The van der Waals surface area contributed by atoms with Crippen LogP contribution in [0.5, 0.6) is 5.75 Å². The fraction of sp³-hybridized carbons (Fsp3) is 0.667. The second-order valence-corrected chi connectivity index (χ2v) is 17.9. The zero-order valence-electron chi connectivity index (χ0n) is 31.2. The fourth-order valence-electron chi connectivity index (χ4n) is 5.65. The van der Waals surface area contributed by atoms with E-state index in [9.17, 15) is 19.0 Å². The molecule has 3 aromatic rings. The Hall–Kier alpha value is -2.92. The van der Waals surface area contributed by atoms with Crippen molar-refractivity contribution in [3.63, 3.8) is 0 Å². The molecule has 0 aliphatic heterocycles. The van der Waals surface area contributed by atoms with Crippen molar-refractivity contribution in [2.24, 2.45) is 0 Å². The van der Waals surface area contributed by atoms with Gasteiger partial charge in [-0.3, -0.25) is 19.3 Å². The molecule has 14 heteroatoms. The third kappa shape index (κ3) is 11.6. The number of carbonyl (C=O) groups is 2. The maximum atomic E-state index is 13.2. The number of anilines is 1. The summed E-state index contributed by atoms with van der Waals surface area (Å²) in [6, 6.07) is 6.74. The molecule has 280 valence electrons. The van der Waals surface area contributed by atoms with Gasteiger partial charge in [-0.15, -0.1) is 10.2 Å². The van der Waals surface area contributed by atoms with Crippen LogP contribution in [-0.2, 0) is 25.0 Å². The Kier molecular flexibility index (Phi) is 15.0. The normalized spacial score (nSPS) is 13.7. The van der Waals surface area contributed by atoms with Gasteiger partial charge in [0.05, 0.1) is 17.9 Å². The van der Waals surface area contributed by atoms with Gasteiger partial charge in [0.25, 0.3) is 13.4 Å². The van der Waals surface area contributed by atoms with Crippen molar-refractivity contribution in [1.29, 1.82) is 0 Å². The molecule has 0 spiro atoms. The molecule has 0 saturated heterocycles. The summed E-state index contributed by atoms with van der Waals surface area (Å²) < 4.78 is 20.2. The molecule has 2 amide bonds. The number of aromatic amines is 1. The number of H-pyrrole nitrogens is 1. The summed E-state index contributed by atoms with van der Waals surface area (Å²) in [4.78, 5) is 36.2. The summed E-state index contributed by atoms with van der Waals surface area (Å²) in [5, 5.41) is 20.9. The summed E-state index contributed by atoms with van der Waals surface area (Å²) in [5.74, 6) is 0.0262. The Labute approximate surface area is 302 Å². The van der Waals surface area contributed by atoms with Crippen molar-refractivity contribution >= 4 is 42.3 Å². The predicted molar refractivity (Wildman–Crippen MR) is 201 cm³/mol. The average Bonchev–Trinajstić information content (AvgIpc) is 3.61. The van der Waals surface area contributed by atoms with Crippen LogP contribution in [0, 0.1) is 0 Å². The van der Waals surface area contributed by atoms with Crippen molar-refractivity contribution < 1.29 is 23.8 Å². The van der Waals surface area contributed by atoms with Crippen LogP contribution < -0.4 is 20.5 Å². The molecular formula is C36H59ClN7O5P. The molecule has 50 heavy (non-hydrogen) atoms. The maximum Gasteiger partial charge on any atom is 0.267 e. The molecule has 1 atom stereocenters. The van der Waals surface area contributed by atoms with Gasteiger partial charge >= 0.3 is 0 Å². The van der Waals surface area contributed by atoms with Gasteiger partial charge in [-0.25, -0.2) is 9.60 Å². The first-order valence-electron chi connectivity index (χ1n) is 17.9. The van der Waals surface area contributed by atoms with E-state index < -0.39 is 24.4 Å². The standard InChI is InChI=1S/C36H59ClN7O5P/c1-9-10-11-12-13-14-15-16-17-20-23-50(47,48)38-24-28(45)39-26-21-18-19-22-27(26)49-25-29(46)40-36(7,8)35(5,6)33-42-41-32-30(37)31(34(2,3)4)43-44(32)33/h18-19,21-22,43H,9-17,20,23-25H2,1-8H3,(H,39,45)(H,40,46)(H2,38,47,48). The predicted octanol–water partition coefficient (Wildman–Crippen LogP) is 7.89. The van der Waals surface area contributed by atoms with Gasteiger partial charge in [-0.2, -0.15) is 0 Å². The summed E-state index contributed by atoms with van der Waals surface area (Å²) in [6.45, 7) is 15.5. The zero-order valence-corrected chi connectivity index (χ0v) is 32.9. The minimum atomic E-state index is -3.65. The molecule has 0 aliphatic carbocycles. The van der Waals surface area contributed by atoms with E-state index in [2.05, 4.69) is 58.7 Å². The number of benzene rings is 1. The number of carbonyl (C=O) groups excluding carboxylic acids is 2. The van der Waals surface area contributed by atoms with Gasteiger partial charge in [-0.1, -0.05) is 123 Å². The van der Waals surface area contributed by atoms with Crippen molar-refractivity contribution in [2.75, 3.05) is 24.6 Å². The monoisotopic (exact) mass is 735 g/mol. The van der Waals surface area contributed by atoms with E-state index >= 15 is 0 Å². The highest BCUT2D eigenvalue weighted by Crippen LogP contribution is 2.38. The van der Waals surface area contributed by atoms with Gasteiger partial charge < -0.3 is 20.3 Å². The molecule has 1 unspecified atom stereocenters. The number of para-hydroxylation sites is 2. The van der Waals surface area contributed by atoms with Crippen LogP contribution >= 0.6 is 19.1 Å². The first-order chi connectivity index (χ1) is 23.4. The van der Waals surface area contributed by atoms with Crippen molar-refractivity contribution in [3.8, 4) is 5.75 Å². The largest absolute Gasteiger partial charge is 0.482 e. The van der Waals surface area contributed by atoms with Crippen molar-refractivity contribution in [3.05, 3.63) is 40.8 Å². The number of hydrogen-bond acceptors (Lipinski definition) is 6. The quantitative estimate of drug-likeness (QED) is 0.0545. The molecule has 2 heterocycles. The number of halogens is 1. The first-order valence-corrected chi connectivity index (χ1v) is 20.1. The molecule has 0 saturated carbocycles. The topological polar surface area (TPSA) is 163 Å². The highest BCUT2D eigenvalue weighted by Gasteiger charge is 2.44. The number of fused-ring (bicyclic) bond motifs is 1. The fourth-order valence-corrected chi connectivity index (χ4v) is 7.30. The number of hydrogen-bond donors (Lipinski definition) is 5. The number of aromatic nitrogens is 4. The van der Waals surface area contributed by atoms with Crippen LogP contribution in [0.25, 0.3) is 5.65 Å². The smallest absolute Gasteiger partial charge is 0.267 e. The lowest BCUT2D eigenvalue weighted by Gasteiger charge is -2.40. The summed E-state index contributed by atoms with van der Waals surface area (Å²) >= 11 is 6.64. The van der Waals surface area contributed by atoms with Gasteiger partial charge in [0, 0.05) is 22.5 Å². The minimum Gasteiger partial charge on any atom is -0.482 e. The Balaban J connectivity index is 1.49. The molecule has 3 rings (SSSR count). The number of unbranched alkanes of at least 4 members (excludes halogenated alkanes) is 9. The maximum absolute atomic E-state index is 13.2. The van der Waals surface area contributed by atoms with Crippen LogP contribution in [0.3, 0.4) is 0 Å². The van der Waals surface area contributed by atoms with E-state index in [1.54, 1.807) is 28.8 Å². The van der Waals surface area contributed by atoms with E-state index in [4.69, 9.17) is 16.3 Å². The SMILES string of the molecule is CCCCCCCCCCCCP(=O)(O)NCC(=O)Nc1ccccc1OCC(=O)NC(C)(C)C(C)(C)c1nnc2c(Cl)c(C(C)(C)C)[nH]n12. The van der Waals surface area contributed by atoms with Gasteiger partial charge in [0.15, 0.2) is 18.1 Å². The highest BCUT2D eigenvalue weighted by atomic mass is 35.5. The second kappa shape index (κ2) is 18.0. The van der Waals surface area contributed by atoms with Gasteiger partial charge in [0.2, 0.25) is 5.91 Å². The molecule has 0 aliphatic rings. The number of rotatable bonds is 21. The number of ether oxygens (including phenoxy) is 1. The first kappa shape index (κ1) is 41.5. The van der Waals surface area contributed by atoms with Crippen LogP contribution in [0.4, 0.5) is 5.69 Å². The summed E-state index contributed by atoms with van der Waals surface area (Å²) in [6.07, 6.45) is 11.4. The van der Waals surface area contributed by atoms with Gasteiger partial charge in [-0.05, 0) is 32.4 Å². The molecule has 2 aromatic heterocycles. The van der Waals surface area contributed by atoms with E-state index in [-0.39, 0.29) is 30.6 Å². The number of nitrogens with zero attached hydrogens (tertiary/aromatic N) is 3. The molecule has 0 fully saturated rings. The van der Waals surface area contributed by atoms with Crippen LogP contribution in [0.1, 0.15) is 131 Å². The third-order valence-electron chi connectivity index (χ3n) is 9.45. The van der Waals surface area contributed by atoms with E-state index in [0.29, 0.717) is 34.4 Å². The molecular weight excluding hydrogens is 677 g/mol. The molecule has 0 bridgehead atoms. The lowest BCUT2D eigenvalue weighted by Crippen LogP contribution is -2.57. The Morgan fingerprint density at radius 2 is 1.52 bits per heavy atom. The summed E-state index contributed by atoms with van der Waals surface area (Å²) in [5.41, 5.74) is -0.0360. The summed E-state index contributed by atoms with van der Waals surface area (Å²) in [7, 11) is -3.65. The molecule has 12 nitrogen and oxygen atoms in total. The number of amides is 2. The van der Waals surface area contributed by atoms with Crippen LogP contribution in [0.15, 0.2) is 24.3 Å². The van der Waals surface area contributed by atoms with E-state index in [1.165, 1.54) is 38.5 Å². The molecule has 0 radical (unpaired) electrons. The average molecular weight is 736 g/mol. The van der Waals surface area contributed by atoms with Crippen molar-refractivity contribution in [2.45, 2.75) is 136 Å². The zero-order chi connectivity index (χ0) is 37.2. The Morgan fingerprint density at radius 1 is 0.920 bits per heavy atom. The third-order valence-corrected chi connectivity index (χ3v) is 11.4. The lowest BCUT2D eigenvalue weighted by atomic mass is 9.73. The van der Waals surface area contributed by atoms with E-state index in [0.717, 1.165) is 25.0 Å². The second-order valence-electron chi connectivity index (χ2n) is 15.3. The Morgan fingerprint density at radius 3 is 2.14 bits per heavy atom. The molecule has 1 aromatic carbocycles. The van der Waals surface area contributed by atoms with E-state index in [1.807, 2.05) is 27.7 Å². The number of nitrogens with one attached hydrogen (secondary N) is 4.